The SMILES string of the molecule is CS(=O)(=O)c1ccc(NCC#Cc2cc3c(NC4CCS(=O)(=O)CC4)cccc3n2CC(F)(F)F)c(F)c1. The molecule has 1 aliphatic rings. The van der Waals surface area contributed by atoms with E-state index < -0.39 is 38.2 Å². The Labute approximate surface area is 218 Å². The molecule has 2 heterocycles. The predicted molar refractivity (Wildman–Crippen MR) is 138 cm³/mol. The van der Waals surface area contributed by atoms with Gasteiger partial charge in [-0.2, -0.15) is 13.2 Å². The third-order valence-electron chi connectivity index (χ3n) is 6.15. The molecule has 0 aliphatic carbocycles. The molecule has 1 fully saturated rings. The van der Waals surface area contributed by atoms with Crippen LogP contribution in [0.25, 0.3) is 10.9 Å². The second-order valence-electron chi connectivity index (χ2n) is 9.11. The molecular weight excluding hydrogens is 546 g/mol. The van der Waals surface area contributed by atoms with Gasteiger partial charge in [-0.15, -0.1) is 0 Å². The van der Waals surface area contributed by atoms with Crippen LogP contribution in [0.3, 0.4) is 0 Å². The molecule has 38 heavy (non-hydrogen) atoms. The number of rotatable bonds is 6. The van der Waals surface area contributed by atoms with E-state index in [-0.39, 0.29) is 40.4 Å². The Morgan fingerprint density at radius 3 is 2.42 bits per heavy atom. The molecule has 13 heteroatoms. The monoisotopic (exact) mass is 571 g/mol. The molecule has 0 unspecified atom stereocenters. The van der Waals surface area contributed by atoms with Crippen LogP contribution >= 0.6 is 0 Å². The van der Waals surface area contributed by atoms with E-state index in [9.17, 15) is 34.4 Å². The topological polar surface area (TPSA) is 97.3 Å². The van der Waals surface area contributed by atoms with E-state index in [1.165, 1.54) is 18.2 Å². The van der Waals surface area contributed by atoms with Gasteiger partial charge in [0.05, 0.1) is 39.8 Å². The number of anilines is 2. The number of alkyl halides is 3. The maximum Gasteiger partial charge on any atom is 0.406 e. The van der Waals surface area contributed by atoms with E-state index in [0.29, 0.717) is 29.4 Å². The Bertz CT molecular complexity index is 1620. The summed E-state index contributed by atoms with van der Waals surface area (Å²) in [5.74, 6) is 4.72. The van der Waals surface area contributed by atoms with Gasteiger partial charge in [0.1, 0.15) is 22.2 Å². The Morgan fingerprint density at radius 1 is 1.08 bits per heavy atom. The van der Waals surface area contributed by atoms with Crippen LogP contribution in [0.5, 0.6) is 0 Å². The minimum absolute atomic E-state index is 0.00326. The number of nitrogens with one attached hydrogen (secondary N) is 2. The Balaban J connectivity index is 1.59. The molecule has 204 valence electrons. The van der Waals surface area contributed by atoms with Gasteiger partial charge in [0.25, 0.3) is 0 Å². The van der Waals surface area contributed by atoms with Gasteiger partial charge in [0.2, 0.25) is 0 Å². The number of sulfone groups is 2. The second kappa shape index (κ2) is 10.5. The van der Waals surface area contributed by atoms with E-state index in [1.807, 2.05) is 0 Å². The molecule has 3 aromatic rings. The summed E-state index contributed by atoms with van der Waals surface area (Å²) in [6.45, 7) is -1.37. The van der Waals surface area contributed by atoms with Crippen LogP contribution in [-0.4, -0.2) is 57.9 Å². The van der Waals surface area contributed by atoms with Crippen LogP contribution in [-0.2, 0) is 26.2 Å². The second-order valence-corrected chi connectivity index (χ2v) is 13.4. The summed E-state index contributed by atoms with van der Waals surface area (Å²) in [6, 6.07) is 9.69. The summed E-state index contributed by atoms with van der Waals surface area (Å²) < 4.78 is 102. The van der Waals surface area contributed by atoms with Crippen molar-refractivity contribution in [3.63, 3.8) is 0 Å². The first-order valence-corrected chi connectivity index (χ1v) is 15.3. The number of hydrogen-bond donors (Lipinski definition) is 2. The molecule has 2 aromatic carbocycles. The van der Waals surface area contributed by atoms with Crippen molar-refractivity contribution in [1.29, 1.82) is 0 Å². The number of nitrogens with zero attached hydrogens (tertiary/aromatic N) is 1. The highest BCUT2D eigenvalue weighted by Gasteiger charge is 2.30. The summed E-state index contributed by atoms with van der Waals surface area (Å²) in [5.41, 5.74) is 1.01. The molecule has 0 spiro atoms. The molecule has 7 nitrogen and oxygen atoms in total. The largest absolute Gasteiger partial charge is 0.406 e. The lowest BCUT2D eigenvalue weighted by atomic mass is 10.1. The van der Waals surface area contributed by atoms with E-state index >= 15 is 0 Å². The molecule has 1 aliphatic heterocycles. The highest BCUT2D eigenvalue weighted by molar-refractivity contribution is 7.91. The van der Waals surface area contributed by atoms with Crippen LogP contribution in [0.1, 0.15) is 18.5 Å². The first-order valence-electron chi connectivity index (χ1n) is 11.6. The molecular formula is C25H25F4N3O4S2. The zero-order chi connectivity index (χ0) is 27.7. The van der Waals surface area contributed by atoms with Crippen molar-refractivity contribution in [2.45, 2.75) is 36.5 Å². The molecule has 0 atom stereocenters. The third kappa shape index (κ3) is 6.79. The van der Waals surface area contributed by atoms with Crippen molar-refractivity contribution in [3.8, 4) is 11.8 Å². The lowest BCUT2D eigenvalue weighted by Gasteiger charge is -2.24. The number of fused-ring (bicyclic) bond motifs is 1. The summed E-state index contributed by atoms with van der Waals surface area (Å²) in [6.07, 6.45) is -2.74. The van der Waals surface area contributed by atoms with Crippen molar-refractivity contribution in [1.82, 2.24) is 4.57 Å². The van der Waals surface area contributed by atoms with Gasteiger partial charge in [-0.25, -0.2) is 21.2 Å². The third-order valence-corrected chi connectivity index (χ3v) is 8.98. The van der Waals surface area contributed by atoms with Crippen LogP contribution in [0.4, 0.5) is 28.9 Å². The number of halogens is 4. The van der Waals surface area contributed by atoms with Crippen molar-refractivity contribution < 1.29 is 34.4 Å². The zero-order valence-electron chi connectivity index (χ0n) is 20.3. The average molecular weight is 572 g/mol. The standard InChI is InChI=1S/C25H25F4N3O4S2/c1-37(33,34)19-7-8-23(21(26)15-19)30-11-3-4-18-14-20-22(31-17-9-12-38(35,36)13-10-17)5-2-6-24(20)32(18)16-25(27,28)29/h2,5-8,14-15,17,30-31H,9-13,16H2,1H3. The minimum atomic E-state index is -4.51. The lowest BCUT2D eigenvalue weighted by Crippen LogP contribution is -2.32. The number of benzene rings is 2. The minimum Gasteiger partial charge on any atom is -0.382 e. The van der Waals surface area contributed by atoms with Gasteiger partial charge in [0.15, 0.2) is 9.84 Å². The summed E-state index contributed by atoms with van der Waals surface area (Å²) in [5, 5.41) is 6.49. The van der Waals surface area contributed by atoms with E-state index in [1.54, 1.807) is 18.2 Å². The smallest absolute Gasteiger partial charge is 0.382 e. The summed E-state index contributed by atoms with van der Waals surface area (Å²) in [4.78, 5) is -0.178. The van der Waals surface area contributed by atoms with Crippen molar-refractivity contribution in [2.24, 2.45) is 0 Å². The highest BCUT2D eigenvalue weighted by atomic mass is 32.2. The normalized spacial score (nSPS) is 16.1. The first kappa shape index (κ1) is 27.8. The van der Waals surface area contributed by atoms with Crippen LogP contribution in [0.15, 0.2) is 47.4 Å². The van der Waals surface area contributed by atoms with Gasteiger partial charge in [0, 0.05) is 23.4 Å². The molecule has 0 amide bonds. The fraction of sp³-hybridized carbons (Fsp3) is 0.360. The highest BCUT2D eigenvalue weighted by Crippen LogP contribution is 2.31. The zero-order valence-corrected chi connectivity index (χ0v) is 21.9. The quantitative estimate of drug-likeness (QED) is 0.340. The van der Waals surface area contributed by atoms with Gasteiger partial charge >= 0.3 is 6.18 Å². The molecule has 0 saturated carbocycles. The van der Waals surface area contributed by atoms with Crippen molar-refractivity contribution in [2.75, 3.05) is 34.9 Å². The molecule has 0 bridgehead atoms. The van der Waals surface area contributed by atoms with Gasteiger partial charge in [-0.05, 0) is 55.2 Å². The van der Waals surface area contributed by atoms with Crippen molar-refractivity contribution >= 4 is 42.0 Å². The van der Waals surface area contributed by atoms with E-state index in [2.05, 4.69) is 22.5 Å². The maximum absolute atomic E-state index is 14.3. The van der Waals surface area contributed by atoms with Crippen LogP contribution in [0, 0.1) is 17.7 Å². The van der Waals surface area contributed by atoms with Crippen LogP contribution < -0.4 is 10.6 Å². The molecule has 0 radical (unpaired) electrons. The molecule has 1 saturated heterocycles. The summed E-state index contributed by atoms with van der Waals surface area (Å²) in [7, 11) is -6.64. The fourth-order valence-electron chi connectivity index (χ4n) is 4.26. The van der Waals surface area contributed by atoms with Gasteiger partial charge < -0.3 is 15.2 Å². The molecule has 2 N–H and O–H groups in total. The molecule has 1 aromatic heterocycles. The van der Waals surface area contributed by atoms with Crippen LogP contribution in [0.2, 0.25) is 0 Å². The Hall–Kier alpha value is -3.24. The number of aromatic nitrogens is 1. The Kier molecular flexibility index (Phi) is 7.67. The van der Waals surface area contributed by atoms with Crippen molar-refractivity contribution in [3.05, 3.63) is 54.0 Å². The maximum atomic E-state index is 14.3. The average Bonchev–Trinajstić information content (AvgIpc) is 3.15. The first-order chi connectivity index (χ1) is 17.7. The van der Waals surface area contributed by atoms with Gasteiger partial charge in [-0.3, -0.25) is 0 Å². The van der Waals surface area contributed by atoms with Gasteiger partial charge in [-0.1, -0.05) is 12.0 Å². The summed E-state index contributed by atoms with van der Waals surface area (Å²) >= 11 is 0. The van der Waals surface area contributed by atoms with E-state index in [0.717, 1.165) is 16.9 Å². The number of hydrogen-bond acceptors (Lipinski definition) is 6. The Morgan fingerprint density at radius 2 is 1.79 bits per heavy atom. The van der Waals surface area contributed by atoms with E-state index in [4.69, 9.17) is 0 Å². The fourth-order valence-corrected chi connectivity index (χ4v) is 6.39. The predicted octanol–water partition coefficient (Wildman–Crippen LogP) is 4.20. The lowest BCUT2D eigenvalue weighted by molar-refractivity contribution is -0.140. The molecule has 4 rings (SSSR count).